The average molecular weight is 330 g/mol. The monoisotopic (exact) mass is 330 g/mol. The maximum absolute atomic E-state index is 11.7. The maximum Gasteiger partial charge on any atom is 0.236 e. The molecule has 1 fully saturated rings. The van der Waals surface area contributed by atoms with Crippen molar-refractivity contribution in [2.24, 2.45) is 0 Å². The molecular formula is C12H15IN2O. The van der Waals surface area contributed by atoms with Crippen LogP contribution in [0.2, 0.25) is 0 Å². The Balaban J connectivity index is 2.02. The Morgan fingerprint density at radius 1 is 1.31 bits per heavy atom. The first-order valence-electron chi connectivity index (χ1n) is 5.48. The van der Waals surface area contributed by atoms with Gasteiger partial charge in [0.25, 0.3) is 0 Å². The summed E-state index contributed by atoms with van der Waals surface area (Å²) in [6.07, 6.45) is 1.04. The summed E-state index contributed by atoms with van der Waals surface area (Å²) >= 11 is 2.29. The van der Waals surface area contributed by atoms with E-state index in [4.69, 9.17) is 0 Å². The molecule has 1 aromatic rings. The Morgan fingerprint density at radius 3 is 2.81 bits per heavy atom. The zero-order chi connectivity index (χ0) is 11.4. The number of benzene rings is 1. The molecule has 1 amide bonds. The summed E-state index contributed by atoms with van der Waals surface area (Å²) in [5.41, 5.74) is 1.20. The molecule has 1 aromatic carbocycles. The van der Waals surface area contributed by atoms with Crippen LogP contribution in [-0.4, -0.2) is 30.4 Å². The van der Waals surface area contributed by atoms with E-state index in [-0.39, 0.29) is 5.91 Å². The Labute approximate surface area is 109 Å². The smallest absolute Gasteiger partial charge is 0.236 e. The van der Waals surface area contributed by atoms with Gasteiger partial charge in [-0.3, -0.25) is 4.79 Å². The highest BCUT2D eigenvalue weighted by Crippen LogP contribution is 2.10. The van der Waals surface area contributed by atoms with Crippen LogP contribution in [0, 0.1) is 3.57 Å². The molecule has 2 rings (SSSR count). The van der Waals surface area contributed by atoms with Crippen LogP contribution >= 0.6 is 22.6 Å². The average Bonchev–Trinajstić information content (AvgIpc) is 2.48. The van der Waals surface area contributed by atoms with Gasteiger partial charge in [-0.25, -0.2) is 0 Å². The Morgan fingerprint density at radius 2 is 2.06 bits per heavy atom. The first-order chi connectivity index (χ1) is 7.75. The molecule has 0 spiro atoms. The van der Waals surface area contributed by atoms with Crippen molar-refractivity contribution in [1.82, 2.24) is 10.2 Å². The Bertz CT molecular complexity index is 364. The zero-order valence-corrected chi connectivity index (χ0v) is 11.2. The van der Waals surface area contributed by atoms with E-state index in [2.05, 4.69) is 52.2 Å². The fourth-order valence-corrected chi connectivity index (χ4v) is 2.16. The minimum Gasteiger partial charge on any atom is -0.337 e. The molecule has 0 saturated carbocycles. The number of amides is 1. The van der Waals surface area contributed by atoms with Crippen molar-refractivity contribution in [2.75, 3.05) is 19.6 Å². The minimum atomic E-state index is 0.205. The second-order valence-corrected chi connectivity index (χ2v) is 5.22. The van der Waals surface area contributed by atoms with Crippen LogP contribution in [0.25, 0.3) is 0 Å². The van der Waals surface area contributed by atoms with Crippen molar-refractivity contribution in [3.63, 3.8) is 0 Å². The number of rotatable bonds is 2. The summed E-state index contributed by atoms with van der Waals surface area (Å²) in [6, 6.07) is 8.34. The van der Waals surface area contributed by atoms with Gasteiger partial charge in [0, 0.05) is 16.7 Å². The van der Waals surface area contributed by atoms with Gasteiger partial charge in [0.05, 0.1) is 6.54 Å². The minimum absolute atomic E-state index is 0.205. The van der Waals surface area contributed by atoms with E-state index in [0.717, 1.165) is 26.1 Å². The van der Waals surface area contributed by atoms with Crippen LogP contribution in [0.1, 0.15) is 12.0 Å². The van der Waals surface area contributed by atoms with Gasteiger partial charge in [-0.1, -0.05) is 12.1 Å². The lowest BCUT2D eigenvalue weighted by atomic mass is 10.2. The first-order valence-corrected chi connectivity index (χ1v) is 6.56. The normalized spacial score (nSPS) is 17.3. The molecule has 1 aliphatic rings. The molecule has 16 heavy (non-hydrogen) atoms. The van der Waals surface area contributed by atoms with Gasteiger partial charge in [-0.2, -0.15) is 0 Å². The number of carbonyl (C=O) groups excluding carboxylic acids is 1. The molecule has 0 aromatic heterocycles. The van der Waals surface area contributed by atoms with Gasteiger partial charge in [0.1, 0.15) is 0 Å². The molecule has 1 heterocycles. The summed E-state index contributed by atoms with van der Waals surface area (Å²) in [7, 11) is 0. The molecule has 1 N–H and O–H groups in total. The SMILES string of the molecule is O=C1CNCCCN1Cc1ccc(I)cc1. The summed E-state index contributed by atoms with van der Waals surface area (Å²) in [6.45, 7) is 3.01. The van der Waals surface area contributed by atoms with E-state index in [0.29, 0.717) is 6.54 Å². The molecule has 86 valence electrons. The lowest BCUT2D eigenvalue weighted by molar-refractivity contribution is -0.130. The fourth-order valence-electron chi connectivity index (χ4n) is 1.80. The van der Waals surface area contributed by atoms with Crippen molar-refractivity contribution >= 4 is 28.5 Å². The molecule has 4 heteroatoms. The second-order valence-electron chi connectivity index (χ2n) is 3.97. The van der Waals surface area contributed by atoms with Crippen molar-refractivity contribution in [2.45, 2.75) is 13.0 Å². The molecule has 0 bridgehead atoms. The van der Waals surface area contributed by atoms with Crippen LogP contribution in [0.5, 0.6) is 0 Å². The van der Waals surface area contributed by atoms with Gasteiger partial charge >= 0.3 is 0 Å². The van der Waals surface area contributed by atoms with Crippen LogP contribution in [0.15, 0.2) is 24.3 Å². The standard InChI is InChI=1S/C12H15IN2O/c13-11-4-2-10(3-5-11)9-15-7-1-6-14-8-12(15)16/h2-5,14H,1,6-9H2. The Kier molecular flexibility index (Phi) is 4.17. The largest absolute Gasteiger partial charge is 0.337 e. The van der Waals surface area contributed by atoms with E-state index in [9.17, 15) is 4.79 Å². The summed E-state index contributed by atoms with van der Waals surface area (Å²) in [5.74, 6) is 0.205. The number of halogens is 1. The molecule has 0 aliphatic carbocycles. The van der Waals surface area contributed by atoms with Gasteiger partial charge in [0.15, 0.2) is 0 Å². The summed E-state index contributed by atoms with van der Waals surface area (Å²) in [4.78, 5) is 13.7. The van der Waals surface area contributed by atoms with Gasteiger partial charge in [0.2, 0.25) is 5.91 Å². The van der Waals surface area contributed by atoms with Crippen molar-refractivity contribution in [3.05, 3.63) is 33.4 Å². The number of hydrogen-bond acceptors (Lipinski definition) is 2. The number of hydrogen-bond donors (Lipinski definition) is 1. The van der Waals surface area contributed by atoms with Gasteiger partial charge in [-0.15, -0.1) is 0 Å². The molecule has 3 nitrogen and oxygen atoms in total. The molecule has 0 unspecified atom stereocenters. The fraction of sp³-hybridized carbons (Fsp3) is 0.417. The van der Waals surface area contributed by atoms with Crippen molar-refractivity contribution in [3.8, 4) is 0 Å². The Hall–Kier alpha value is -0.620. The summed E-state index contributed by atoms with van der Waals surface area (Å²) in [5, 5.41) is 3.13. The van der Waals surface area contributed by atoms with Crippen LogP contribution in [0.4, 0.5) is 0 Å². The second kappa shape index (κ2) is 5.63. The van der Waals surface area contributed by atoms with Crippen molar-refractivity contribution in [1.29, 1.82) is 0 Å². The molecule has 0 atom stereocenters. The zero-order valence-electron chi connectivity index (χ0n) is 9.08. The highest BCUT2D eigenvalue weighted by atomic mass is 127. The number of nitrogens with zero attached hydrogens (tertiary/aromatic N) is 1. The number of nitrogens with one attached hydrogen (secondary N) is 1. The third-order valence-corrected chi connectivity index (χ3v) is 3.42. The van der Waals surface area contributed by atoms with E-state index in [1.54, 1.807) is 0 Å². The van der Waals surface area contributed by atoms with Crippen LogP contribution in [0.3, 0.4) is 0 Å². The lowest BCUT2D eigenvalue weighted by Gasteiger charge is -2.20. The van der Waals surface area contributed by atoms with Crippen LogP contribution < -0.4 is 5.32 Å². The first kappa shape index (κ1) is 11.9. The van der Waals surface area contributed by atoms with Crippen molar-refractivity contribution < 1.29 is 4.79 Å². The number of carbonyl (C=O) groups is 1. The van der Waals surface area contributed by atoms with E-state index in [1.807, 2.05) is 4.90 Å². The predicted molar refractivity (Wildman–Crippen MR) is 72.1 cm³/mol. The van der Waals surface area contributed by atoms with E-state index in [1.165, 1.54) is 9.13 Å². The third kappa shape index (κ3) is 3.18. The highest BCUT2D eigenvalue weighted by Gasteiger charge is 2.15. The maximum atomic E-state index is 11.7. The van der Waals surface area contributed by atoms with E-state index < -0.39 is 0 Å². The van der Waals surface area contributed by atoms with Crippen LogP contribution in [-0.2, 0) is 11.3 Å². The highest BCUT2D eigenvalue weighted by molar-refractivity contribution is 14.1. The summed E-state index contributed by atoms with van der Waals surface area (Å²) < 4.78 is 1.23. The predicted octanol–water partition coefficient (Wildman–Crippen LogP) is 1.61. The molecule has 1 saturated heterocycles. The quantitative estimate of drug-likeness (QED) is 0.836. The van der Waals surface area contributed by atoms with Gasteiger partial charge < -0.3 is 10.2 Å². The lowest BCUT2D eigenvalue weighted by Crippen LogP contribution is -2.34. The topological polar surface area (TPSA) is 32.3 Å². The molecule has 1 aliphatic heterocycles. The van der Waals surface area contributed by atoms with E-state index >= 15 is 0 Å². The molecule has 0 radical (unpaired) electrons. The van der Waals surface area contributed by atoms with Gasteiger partial charge in [-0.05, 0) is 53.3 Å². The third-order valence-electron chi connectivity index (χ3n) is 2.70. The molecular weight excluding hydrogens is 315 g/mol.